The highest BCUT2D eigenvalue weighted by Gasteiger charge is 2.17. The van der Waals surface area contributed by atoms with Crippen molar-refractivity contribution in [1.29, 1.82) is 0 Å². The summed E-state index contributed by atoms with van der Waals surface area (Å²) in [6.07, 6.45) is 0. The van der Waals surface area contributed by atoms with Crippen molar-refractivity contribution in [2.24, 2.45) is 0 Å². The molecule has 0 spiro atoms. The van der Waals surface area contributed by atoms with Crippen LogP contribution in [-0.4, -0.2) is 27.2 Å². The van der Waals surface area contributed by atoms with E-state index in [-0.39, 0.29) is 11.3 Å². The predicted molar refractivity (Wildman–Crippen MR) is 88.2 cm³/mol. The number of halogens is 2. The molecule has 23 heavy (non-hydrogen) atoms. The van der Waals surface area contributed by atoms with Gasteiger partial charge in [-0.05, 0) is 30.3 Å². The molecule has 0 saturated heterocycles. The van der Waals surface area contributed by atoms with Crippen LogP contribution >= 0.6 is 15.9 Å². The van der Waals surface area contributed by atoms with Crippen LogP contribution in [0, 0.1) is 5.82 Å². The minimum atomic E-state index is -0.542. The highest BCUT2D eigenvalue weighted by atomic mass is 79.9. The summed E-state index contributed by atoms with van der Waals surface area (Å²) >= 11 is 3.16. The molecule has 0 radical (unpaired) electrons. The second-order valence-corrected chi connectivity index (χ2v) is 5.41. The van der Waals surface area contributed by atoms with E-state index in [1.165, 1.54) is 45.6 Å². The Bertz CT molecular complexity index is 711. The van der Waals surface area contributed by atoms with Crippen LogP contribution in [-0.2, 0) is 0 Å². The van der Waals surface area contributed by atoms with Crippen molar-refractivity contribution in [1.82, 2.24) is 0 Å². The molecule has 0 atom stereocenters. The van der Waals surface area contributed by atoms with Gasteiger partial charge in [0.15, 0.2) is 11.5 Å². The van der Waals surface area contributed by atoms with Gasteiger partial charge in [0.1, 0.15) is 5.82 Å². The average Bonchev–Trinajstić information content (AvgIpc) is 2.55. The van der Waals surface area contributed by atoms with Crippen LogP contribution in [0.2, 0.25) is 0 Å². The summed E-state index contributed by atoms with van der Waals surface area (Å²) in [5.41, 5.74) is 0.328. The quantitative estimate of drug-likeness (QED) is 0.851. The summed E-state index contributed by atoms with van der Waals surface area (Å²) in [4.78, 5) is 12.3. The number of anilines is 1. The van der Waals surface area contributed by atoms with Crippen LogP contribution in [0.1, 0.15) is 10.4 Å². The largest absolute Gasteiger partial charge is 0.493 e. The Morgan fingerprint density at radius 3 is 2.13 bits per heavy atom. The van der Waals surface area contributed by atoms with Crippen LogP contribution in [0.25, 0.3) is 0 Å². The molecule has 0 aliphatic heterocycles. The maximum Gasteiger partial charge on any atom is 0.256 e. The molecular weight excluding hydrogens is 369 g/mol. The number of carbonyl (C=O) groups is 1. The van der Waals surface area contributed by atoms with Gasteiger partial charge < -0.3 is 19.5 Å². The zero-order valence-corrected chi connectivity index (χ0v) is 14.4. The summed E-state index contributed by atoms with van der Waals surface area (Å²) in [7, 11) is 4.37. The van der Waals surface area contributed by atoms with Crippen LogP contribution in [0.3, 0.4) is 0 Å². The number of nitrogens with one attached hydrogen (secondary N) is 1. The van der Waals surface area contributed by atoms with E-state index in [4.69, 9.17) is 14.2 Å². The van der Waals surface area contributed by atoms with Crippen LogP contribution in [0.5, 0.6) is 17.2 Å². The maximum absolute atomic E-state index is 13.8. The Balaban J connectivity index is 2.35. The Kier molecular flexibility index (Phi) is 5.44. The zero-order chi connectivity index (χ0) is 17.0. The third kappa shape index (κ3) is 3.73. The molecule has 0 saturated carbocycles. The number of amides is 1. The molecule has 2 aromatic rings. The summed E-state index contributed by atoms with van der Waals surface area (Å²) < 4.78 is 30.0. The highest BCUT2D eigenvalue weighted by molar-refractivity contribution is 9.10. The molecule has 1 amide bonds. The first kappa shape index (κ1) is 17.1. The van der Waals surface area contributed by atoms with Crippen molar-refractivity contribution in [3.05, 3.63) is 46.2 Å². The molecule has 5 nitrogen and oxygen atoms in total. The Labute approximate surface area is 141 Å². The monoisotopic (exact) mass is 383 g/mol. The van der Waals surface area contributed by atoms with E-state index < -0.39 is 11.7 Å². The third-order valence-electron chi connectivity index (χ3n) is 3.11. The maximum atomic E-state index is 13.8. The van der Waals surface area contributed by atoms with Gasteiger partial charge in [-0.15, -0.1) is 0 Å². The van der Waals surface area contributed by atoms with E-state index in [0.717, 1.165) is 0 Å². The molecule has 0 heterocycles. The van der Waals surface area contributed by atoms with Gasteiger partial charge in [0.05, 0.1) is 27.0 Å². The normalized spacial score (nSPS) is 10.1. The number of ether oxygens (including phenoxy) is 3. The molecule has 122 valence electrons. The van der Waals surface area contributed by atoms with Crippen molar-refractivity contribution in [3.63, 3.8) is 0 Å². The fraction of sp³-hybridized carbons (Fsp3) is 0.188. The van der Waals surface area contributed by atoms with Crippen LogP contribution in [0.15, 0.2) is 34.8 Å². The first-order valence-electron chi connectivity index (χ1n) is 6.56. The van der Waals surface area contributed by atoms with Crippen molar-refractivity contribution in [2.45, 2.75) is 0 Å². The number of benzene rings is 2. The third-order valence-corrected chi connectivity index (χ3v) is 3.60. The first-order chi connectivity index (χ1) is 11.0. The smallest absolute Gasteiger partial charge is 0.256 e. The predicted octanol–water partition coefficient (Wildman–Crippen LogP) is 3.87. The topological polar surface area (TPSA) is 56.8 Å². The molecule has 0 unspecified atom stereocenters. The van der Waals surface area contributed by atoms with Gasteiger partial charge in [-0.1, -0.05) is 15.9 Å². The molecule has 0 bridgehead atoms. The molecule has 0 aliphatic carbocycles. The Morgan fingerprint density at radius 1 is 1.04 bits per heavy atom. The lowest BCUT2D eigenvalue weighted by Gasteiger charge is -2.14. The second-order valence-electron chi connectivity index (χ2n) is 4.49. The Morgan fingerprint density at radius 2 is 1.65 bits per heavy atom. The van der Waals surface area contributed by atoms with E-state index in [1.54, 1.807) is 6.07 Å². The van der Waals surface area contributed by atoms with Crippen molar-refractivity contribution in [2.75, 3.05) is 26.6 Å². The van der Waals surface area contributed by atoms with E-state index in [9.17, 15) is 9.18 Å². The zero-order valence-electron chi connectivity index (χ0n) is 12.8. The molecular formula is C16H15BrFNO4. The lowest BCUT2D eigenvalue weighted by molar-refractivity contribution is 0.102. The van der Waals surface area contributed by atoms with Gasteiger partial charge >= 0.3 is 0 Å². The molecule has 0 aromatic heterocycles. The van der Waals surface area contributed by atoms with Gasteiger partial charge in [0.25, 0.3) is 5.91 Å². The van der Waals surface area contributed by atoms with Gasteiger partial charge in [-0.2, -0.15) is 0 Å². The minimum absolute atomic E-state index is 0.0759. The lowest BCUT2D eigenvalue weighted by Crippen LogP contribution is -2.13. The van der Waals surface area contributed by atoms with E-state index >= 15 is 0 Å². The SMILES string of the molecule is COc1cc(C(=O)Nc2ccc(Br)cc2F)cc(OC)c1OC. The molecule has 7 heteroatoms. The summed E-state index contributed by atoms with van der Waals surface area (Å²) in [6.45, 7) is 0. The minimum Gasteiger partial charge on any atom is -0.493 e. The average molecular weight is 384 g/mol. The number of methoxy groups -OCH3 is 3. The number of rotatable bonds is 5. The number of hydrogen-bond acceptors (Lipinski definition) is 4. The van der Waals surface area contributed by atoms with E-state index in [0.29, 0.717) is 21.7 Å². The summed E-state index contributed by atoms with van der Waals surface area (Å²) in [5, 5.41) is 2.51. The Hall–Kier alpha value is -2.28. The molecule has 0 fully saturated rings. The highest BCUT2D eigenvalue weighted by Crippen LogP contribution is 2.38. The first-order valence-corrected chi connectivity index (χ1v) is 7.35. The van der Waals surface area contributed by atoms with Crippen molar-refractivity contribution in [3.8, 4) is 17.2 Å². The fourth-order valence-corrected chi connectivity index (χ4v) is 2.33. The molecule has 2 rings (SSSR count). The molecule has 0 aliphatic rings. The van der Waals surface area contributed by atoms with Crippen molar-refractivity contribution < 1.29 is 23.4 Å². The number of hydrogen-bond donors (Lipinski definition) is 1. The van der Waals surface area contributed by atoms with E-state index in [1.807, 2.05) is 0 Å². The lowest BCUT2D eigenvalue weighted by atomic mass is 10.1. The van der Waals surface area contributed by atoms with Crippen LogP contribution in [0.4, 0.5) is 10.1 Å². The van der Waals surface area contributed by atoms with Crippen molar-refractivity contribution >= 4 is 27.5 Å². The van der Waals surface area contributed by atoms with E-state index in [2.05, 4.69) is 21.2 Å². The van der Waals surface area contributed by atoms with Crippen LogP contribution < -0.4 is 19.5 Å². The standard InChI is InChI=1S/C16H15BrFNO4/c1-21-13-6-9(7-14(22-2)15(13)23-3)16(20)19-12-5-4-10(17)8-11(12)18/h4-8H,1-3H3,(H,19,20). The van der Waals surface area contributed by atoms with Gasteiger partial charge in [-0.3, -0.25) is 4.79 Å². The molecule has 1 N–H and O–H groups in total. The fourth-order valence-electron chi connectivity index (χ4n) is 2.00. The van der Waals surface area contributed by atoms with Gasteiger partial charge in [0.2, 0.25) is 5.75 Å². The van der Waals surface area contributed by atoms with Gasteiger partial charge in [0, 0.05) is 10.0 Å². The second kappa shape index (κ2) is 7.32. The number of carbonyl (C=O) groups excluding carboxylic acids is 1. The summed E-state index contributed by atoms with van der Waals surface area (Å²) in [6, 6.07) is 7.36. The van der Waals surface area contributed by atoms with Gasteiger partial charge in [-0.25, -0.2) is 4.39 Å². The molecule has 2 aromatic carbocycles. The summed E-state index contributed by atoms with van der Waals surface area (Å²) in [5.74, 6) is 0.0218.